The third-order valence-electron chi connectivity index (χ3n) is 4.76. The number of nitrogens with zero attached hydrogens (tertiary/aromatic N) is 2. The molecule has 0 aromatic heterocycles. The predicted octanol–water partition coefficient (Wildman–Crippen LogP) is 2.32. The van der Waals surface area contributed by atoms with E-state index in [1.54, 1.807) is 0 Å². The van der Waals surface area contributed by atoms with Gasteiger partial charge >= 0.3 is 0 Å². The van der Waals surface area contributed by atoms with E-state index >= 15 is 0 Å². The maximum absolute atomic E-state index is 3.60. The molecular weight excluding hydrogens is 234 g/mol. The summed E-state index contributed by atoms with van der Waals surface area (Å²) in [6.45, 7) is 5.10. The van der Waals surface area contributed by atoms with Crippen molar-refractivity contribution in [3.63, 3.8) is 0 Å². The molecule has 112 valence electrons. The highest BCUT2D eigenvalue weighted by atomic mass is 15.2. The van der Waals surface area contributed by atoms with Crippen LogP contribution >= 0.6 is 0 Å². The number of likely N-dealkylation sites (tertiary alicyclic amines) is 1. The Labute approximate surface area is 119 Å². The van der Waals surface area contributed by atoms with Crippen molar-refractivity contribution in [3.05, 3.63) is 0 Å². The lowest BCUT2D eigenvalue weighted by Gasteiger charge is -2.35. The third-order valence-corrected chi connectivity index (χ3v) is 4.76. The summed E-state index contributed by atoms with van der Waals surface area (Å²) in [5.74, 6) is 0. The number of hydrogen-bond donors (Lipinski definition) is 1. The lowest BCUT2D eigenvalue weighted by Crippen LogP contribution is -2.42. The van der Waals surface area contributed by atoms with Gasteiger partial charge < -0.3 is 15.1 Å². The summed E-state index contributed by atoms with van der Waals surface area (Å²) in [6, 6.07) is 1.73. The zero-order valence-corrected chi connectivity index (χ0v) is 13.0. The summed E-state index contributed by atoms with van der Waals surface area (Å²) in [6.07, 6.45) is 11.1. The quantitative estimate of drug-likeness (QED) is 0.647. The van der Waals surface area contributed by atoms with Gasteiger partial charge in [-0.1, -0.05) is 12.8 Å². The van der Waals surface area contributed by atoms with Crippen LogP contribution in [0.15, 0.2) is 0 Å². The molecule has 0 unspecified atom stereocenters. The van der Waals surface area contributed by atoms with Crippen molar-refractivity contribution in [2.24, 2.45) is 0 Å². The summed E-state index contributed by atoms with van der Waals surface area (Å²) in [5, 5.41) is 3.60. The molecule has 1 saturated heterocycles. The fourth-order valence-corrected chi connectivity index (χ4v) is 3.05. The Balaban J connectivity index is 1.41. The molecule has 0 bridgehead atoms. The summed E-state index contributed by atoms with van der Waals surface area (Å²) in [5.41, 5.74) is 0. The molecule has 0 amide bonds. The molecule has 0 aromatic carbocycles. The SMILES string of the molecule is CN1CCC(N(C)CCCCCCNC2CC2)CC1. The largest absolute Gasteiger partial charge is 0.314 e. The molecule has 1 heterocycles. The second kappa shape index (κ2) is 8.23. The Bertz CT molecular complexity index is 232. The Kier molecular flexibility index (Phi) is 6.62. The van der Waals surface area contributed by atoms with Crippen LogP contribution in [0.3, 0.4) is 0 Å². The van der Waals surface area contributed by atoms with Crippen LogP contribution in [0.2, 0.25) is 0 Å². The molecule has 1 aliphatic heterocycles. The minimum absolute atomic E-state index is 0.840. The minimum Gasteiger partial charge on any atom is -0.314 e. The summed E-state index contributed by atoms with van der Waals surface area (Å²) in [4.78, 5) is 5.06. The van der Waals surface area contributed by atoms with Gasteiger partial charge in [-0.2, -0.15) is 0 Å². The summed E-state index contributed by atoms with van der Waals surface area (Å²) < 4.78 is 0. The number of unbranched alkanes of at least 4 members (excludes halogenated alkanes) is 3. The van der Waals surface area contributed by atoms with Gasteiger partial charge in [0.2, 0.25) is 0 Å². The first kappa shape index (κ1) is 15.3. The second-order valence-corrected chi connectivity index (χ2v) is 6.66. The standard InChI is InChI=1S/C16H33N3/c1-18-13-9-16(10-14-18)19(2)12-6-4-3-5-11-17-15-7-8-15/h15-17H,3-14H2,1-2H3. The number of rotatable bonds is 9. The Morgan fingerprint density at radius 2 is 1.68 bits per heavy atom. The molecule has 1 aliphatic carbocycles. The van der Waals surface area contributed by atoms with E-state index in [0.717, 1.165) is 12.1 Å². The molecule has 2 aliphatic rings. The molecule has 19 heavy (non-hydrogen) atoms. The first-order valence-electron chi connectivity index (χ1n) is 8.38. The van der Waals surface area contributed by atoms with E-state index in [9.17, 15) is 0 Å². The third kappa shape index (κ3) is 6.24. The van der Waals surface area contributed by atoms with Gasteiger partial charge in [0.25, 0.3) is 0 Å². The van der Waals surface area contributed by atoms with Crippen LogP contribution in [0.1, 0.15) is 51.4 Å². The average molecular weight is 267 g/mol. The van der Waals surface area contributed by atoms with Crippen molar-refractivity contribution in [3.8, 4) is 0 Å². The van der Waals surface area contributed by atoms with Crippen molar-refractivity contribution in [2.45, 2.75) is 63.5 Å². The first-order chi connectivity index (χ1) is 9.25. The highest BCUT2D eigenvalue weighted by molar-refractivity contribution is 4.80. The molecule has 0 radical (unpaired) electrons. The normalized spacial score (nSPS) is 22.3. The van der Waals surface area contributed by atoms with E-state index in [4.69, 9.17) is 0 Å². The van der Waals surface area contributed by atoms with Crippen molar-refractivity contribution in [2.75, 3.05) is 40.3 Å². The van der Waals surface area contributed by atoms with E-state index in [1.165, 1.54) is 77.5 Å². The topological polar surface area (TPSA) is 18.5 Å². The van der Waals surface area contributed by atoms with E-state index in [0.29, 0.717) is 0 Å². The van der Waals surface area contributed by atoms with E-state index in [1.807, 2.05) is 0 Å². The van der Waals surface area contributed by atoms with E-state index < -0.39 is 0 Å². The molecule has 3 heteroatoms. The van der Waals surface area contributed by atoms with Gasteiger partial charge in [0.1, 0.15) is 0 Å². The van der Waals surface area contributed by atoms with E-state index in [-0.39, 0.29) is 0 Å². The monoisotopic (exact) mass is 267 g/mol. The Morgan fingerprint density at radius 1 is 1.00 bits per heavy atom. The molecular formula is C16H33N3. The molecule has 2 rings (SSSR count). The van der Waals surface area contributed by atoms with Crippen LogP contribution in [0, 0.1) is 0 Å². The lowest BCUT2D eigenvalue weighted by atomic mass is 10.0. The molecule has 0 spiro atoms. The van der Waals surface area contributed by atoms with Crippen LogP contribution in [0.4, 0.5) is 0 Å². The number of nitrogens with one attached hydrogen (secondary N) is 1. The number of hydrogen-bond acceptors (Lipinski definition) is 3. The van der Waals surface area contributed by atoms with Crippen LogP contribution in [0.5, 0.6) is 0 Å². The molecule has 1 saturated carbocycles. The molecule has 2 fully saturated rings. The predicted molar refractivity (Wildman–Crippen MR) is 82.6 cm³/mol. The van der Waals surface area contributed by atoms with Gasteiger partial charge in [-0.25, -0.2) is 0 Å². The highest BCUT2D eigenvalue weighted by Gasteiger charge is 2.20. The van der Waals surface area contributed by atoms with Gasteiger partial charge in [-0.3, -0.25) is 0 Å². The molecule has 1 N–H and O–H groups in total. The molecule has 3 nitrogen and oxygen atoms in total. The van der Waals surface area contributed by atoms with Gasteiger partial charge in [-0.05, 0) is 78.8 Å². The lowest BCUT2D eigenvalue weighted by molar-refractivity contribution is 0.142. The van der Waals surface area contributed by atoms with E-state index in [2.05, 4.69) is 29.2 Å². The number of piperidine rings is 1. The Hall–Kier alpha value is -0.120. The zero-order chi connectivity index (χ0) is 13.5. The van der Waals surface area contributed by atoms with Crippen LogP contribution in [0.25, 0.3) is 0 Å². The van der Waals surface area contributed by atoms with Gasteiger partial charge in [-0.15, -0.1) is 0 Å². The molecule has 0 aromatic rings. The molecule has 0 atom stereocenters. The van der Waals surface area contributed by atoms with Crippen molar-refractivity contribution >= 4 is 0 Å². The maximum atomic E-state index is 3.60. The smallest absolute Gasteiger partial charge is 0.0117 e. The zero-order valence-electron chi connectivity index (χ0n) is 13.0. The van der Waals surface area contributed by atoms with Crippen LogP contribution in [-0.4, -0.2) is 62.2 Å². The average Bonchev–Trinajstić information content (AvgIpc) is 3.22. The van der Waals surface area contributed by atoms with Gasteiger partial charge in [0.15, 0.2) is 0 Å². The minimum atomic E-state index is 0.840. The van der Waals surface area contributed by atoms with Gasteiger partial charge in [0.05, 0.1) is 0 Å². The first-order valence-corrected chi connectivity index (χ1v) is 8.38. The van der Waals surface area contributed by atoms with Gasteiger partial charge in [0, 0.05) is 12.1 Å². The summed E-state index contributed by atoms with van der Waals surface area (Å²) >= 11 is 0. The Morgan fingerprint density at radius 3 is 2.37 bits per heavy atom. The second-order valence-electron chi connectivity index (χ2n) is 6.66. The fourth-order valence-electron chi connectivity index (χ4n) is 3.05. The summed E-state index contributed by atoms with van der Waals surface area (Å²) in [7, 11) is 4.57. The van der Waals surface area contributed by atoms with Crippen LogP contribution < -0.4 is 5.32 Å². The highest BCUT2D eigenvalue weighted by Crippen LogP contribution is 2.18. The fraction of sp³-hybridized carbons (Fsp3) is 1.00. The van der Waals surface area contributed by atoms with Crippen molar-refractivity contribution in [1.82, 2.24) is 15.1 Å². The maximum Gasteiger partial charge on any atom is 0.0117 e. The van der Waals surface area contributed by atoms with Crippen LogP contribution in [-0.2, 0) is 0 Å². The van der Waals surface area contributed by atoms with Crippen molar-refractivity contribution < 1.29 is 0 Å². The van der Waals surface area contributed by atoms with Crippen molar-refractivity contribution in [1.29, 1.82) is 0 Å².